The van der Waals surface area contributed by atoms with Gasteiger partial charge in [0.15, 0.2) is 5.78 Å². The van der Waals surface area contributed by atoms with Gasteiger partial charge in [0.1, 0.15) is 22.8 Å². The molecule has 2 aromatic rings. The number of hydrogen-bond acceptors (Lipinski definition) is 7. The van der Waals surface area contributed by atoms with Crippen molar-refractivity contribution in [3.63, 3.8) is 0 Å². The third kappa shape index (κ3) is 18.9. The number of hydrogen-bond donors (Lipinski definition) is 1. The summed E-state index contributed by atoms with van der Waals surface area (Å²) in [4.78, 5) is 48.1. The van der Waals surface area contributed by atoms with Gasteiger partial charge >= 0.3 is 12.2 Å². The van der Waals surface area contributed by atoms with Crippen molar-refractivity contribution >= 4 is 39.8 Å². The fourth-order valence-corrected chi connectivity index (χ4v) is 5.46. The molecule has 3 amide bonds. The first-order valence-corrected chi connectivity index (χ1v) is 18.8. The first-order chi connectivity index (χ1) is 24.2. The van der Waals surface area contributed by atoms with Crippen molar-refractivity contribution in [3.05, 3.63) is 69.2 Å². The predicted octanol–water partition coefficient (Wildman–Crippen LogP) is 10.1. The summed E-state index contributed by atoms with van der Waals surface area (Å²) in [7, 11) is 0. The van der Waals surface area contributed by atoms with Crippen LogP contribution in [-0.4, -0.2) is 65.3 Å². The average molecular weight is 798 g/mol. The minimum absolute atomic E-state index is 0.0302. The number of aryl methyl sites for hydroxylation is 2. The second-order valence-corrected chi connectivity index (χ2v) is 15.6. The number of rotatable bonds is 7. The van der Waals surface area contributed by atoms with E-state index in [1.165, 1.54) is 42.0 Å². The molecule has 2 aliphatic rings. The number of carbonyl (C=O) groups is 4. The van der Waals surface area contributed by atoms with E-state index in [-0.39, 0.29) is 41.8 Å². The van der Waals surface area contributed by atoms with Crippen LogP contribution in [0.5, 0.6) is 0 Å². The highest BCUT2D eigenvalue weighted by Gasteiger charge is 2.35. The first-order valence-electron chi connectivity index (χ1n) is 18.0. The highest BCUT2D eigenvalue weighted by Crippen LogP contribution is 2.22. The largest absolute Gasteiger partial charge is 0.444 e. The maximum Gasteiger partial charge on any atom is 0.417 e. The number of carbonyl (C=O) groups excluding carboxylic acids is 4. The molecule has 9 nitrogen and oxygen atoms in total. The van der Waals surface area contributed by atoms with Gasteiger partial charge in [-0.3, -0.25) is 9.59 Å². The molecule has 2 atom stereocenters. The Balaban J connectivity index is 0.000000392. The van der Waals surface area contributed by atoms with Crippen LogP contribution in [0.3, 0.4) is 0 Å². The number of imide groups is 1. The van der Waals surface area contributed by atoms with Gasteiger partial charge in [-0.15, -0.1) is 0 Å². The van der Waals surface area contributed by atoms with Crippen LogP contribution in [0.4, 0.5) is 18.4 Å². The molecule has 2 unspecified atom stereocenters. The predicted molar refractivity (Wildman–Crippen MR) is 203 cm³/mol. The molecule has 2 fully saturated rings. The molecule has 0 radical (unpaired) electrons. The standard InChI is InChI=1S/C18H26FNO3.C10H17NO3.C8H8BrF.C4H8O/c1-6-13-11-14(19)8-9-15(13)16(21)10-7-12(2)20-17(22)23-18(3,4)5;1-7-5-6-8(12)11(7)9(13)14-10(2,3)4;1-2-6-5-7(10)3-4-8(6)9;1-2-4-5-3-1/h8-9,11-12H,6-7,10H2,1-5H3,(H,20,22);7H,5-6H2,1-4H3;3-5H,2H2,1H3;1-4H2. The maximum atomic E-state index is 13.2. The maximum absolute atomic E-state index is 13.2. The molecule has 2 aromatic carbocycles. The molecule has 4 rings (SSSR count). The van der Waals surface area contributed by atoms with Crippen molar-refractivity contribution in [2.75, 3.05) is 13.2 Å². The molecule has 0 bridgehead atoms. The summed E-state index contributed by atoms with van der Waals surface area (Å²) in [5, 5.41) is 2.71. The van der Waals surface area contributed by atoms with Gasteiger partial charge < -0.3 is 19.5 Å². The summed E-state index contributed by atoms with van der Waals surface area (Å²) >= 11 is 3.32. The molecular weight excluding hydrogens is 738 g/mol. The smallest absolute Gasteiger partial charge is 0.417 e. The number of ketones is 1. The molecule has 0 saturated carbocycles. The monoisotopic (exact) mass is 796 g/mol. The second-order valence-electron chi connectivity index (χ2n) is 14.7. The number of ether oxygens (including phenoxy) is 3. The van der Waals surface area contributed by atoms with E-state index in [1.807, 2.05) is 27.7 Å². The molecule has 0 aromatic heterocycles. The molecule has 1 N–H and O–H groups in total. The van der Waals surface area contributed by atoms with Crippen molar-refractivity contribution in [1.82, 2.24) is 10.2 Å². The van der Waals surface area contributed by atoms with E-state index in [4.69, 9.17) is 14.2 Å². The summed E-state index contributed by atoms with van der Waals surface area (Å²) in [6, 6.07) is 8.74. The summed E-state index contributed by atoms with van der Waals surface area (Å²) in [6.07, 6.45) is 4.97. The Kier molecular flexibility index (Phi) is 20.3. The molecule has 2 aliphatic heterocycles. The zero-order chi connectivity index (χ0) is 39.6. The Bertz CT molecular complexity index is 1440. The van der Waals surface area contributed by atoms with E-state index in [0.29, 0.717) is 30.4 Å². The van der Waals surface area contributed by atoms with Crippen molar-refractivity contribution in [2.24, 2.45) is 0 Å². The van der Waals surface area contributed by atoms with E-state index in [0.717, 1.165) is 36.1 Å². The summed E-state index contributed by atoms with van der Waals surface area (Å²) < 4.78 is 42.0. The fraction of sp³-hybridized carbons (Fsp3) is 0.600. The van der Waals surface area contributed by atoms with Gasteiger partial charge in [-0.25, -0.2) is 23.3 Å². The minimum Gasteiger partial charge on any atom is -0.444 e. The van der Waals surface area contributed by atoms with E-state index in [9.17, 15) is 28.0 Å². The number of benzene rings is 2. The van der Waals surface area contributed by atoms with Gasteiger partial charge in [-0.05, 0) is 141 Å². The van der Waals surface area contributed by atoms with Gasteiger partial charge in [0.05, 0.1) is 0 Å². The van der Waals surface area contributed by atoms with Crippen molar-refractivity contribution in [1.29, 1.82) is 0 Å². The summed E-state index contributed by atoms with van der Waals surface area (Å²) in [5.74, 6) is -0.676. The van der Waals surface area contributed by atoms with Gasteiger partial charge in [0.2, 0.25) is 5.91 Å². The SMILES string of the molecule is C1CCOC1.CC1CCC(=O)N1C(=O)OC(C)(C)C.CCc1cc(F)ccc1Br.CCc1cc(F)ccc1C(=O)CCC(C)NC(=O)OC(C)(C)C. The number of Topliss-reactive ketones (excluding diaryl/α,β-unsaturated/α-hetero) is 1. The lowest BCUT2D eigenvalue weighted by atomic mass is 9.97. The third-order valence-corrected chi connectivity index (χ3v) is 8.38. The first kappa shape index (κ1) is 46.6. The topological polar surface area (TPSA) is 111 Å². The molecule has 292 valence electrons. The Morgan fingerprint density at radius 1 is 0.923 bits per heavy atom. The molecule has 0 spiro atoms. The van der Waals surface area contributed by atoms with Crippen LogP contribution in [-0.2, 0) is 31.8 Å². The Morgan fingerprint density at radius 3 is 1.90 bits per heavy atom. The third-order valence-electron chi connectivity index (χ3n) is 7.61. The number of nitrogens with one attached hydrogen (secondary N) is 1. The van der Waals surface area contributed by atoms with Crippen molar-refractivity contribution in [2.45, 2.75) is 144 Å². The van der Waals surface area contributed by atoms with Crippen LogP contribution in [0.2, 0.25) is 0 Å². The number of amides is 3. The van der Waals surface area contributed by atoms with Gasteiger partial charge in [-0.2, -0.15) is 0 Å². The van der Waals surface area contributed by atoms with Gasteiger partial charge in [-0.1, -0.05) is 29.8 Å². The lowest BCUT2D eigenvalue weighted by molar-refractivity contribution is -0.127. The quantitative estimate of drug-likeness (QED) is 0.278. The lowest BCUT2D eigenvalue weighted by Crippen LogP contribution is -2.41. The van der Waals surface area contributed by atoms with Crippen LogP contribution in [0.25, 0.3) is 0 Å². The summed E-state index contributed by atoms with van der Waals surface area (Å²) in [5.41, 5.74) is 1.19. The van der Waals surface area contributed by atoms with Crippen LogP contribution in [0.15, 0.2) is 40.9 Å². The average Bonchev–Trinajstić information content (AvgIpc) is 3.73. The molecule has 12 heteroatoms. The molecule has 52 heavy (non-hydrogen) atoms. The number of likely N-dealkylation sites (tertiary alicyclic amines) is 1. The van der Waals surface area contributed by atoms with Crippen LogP contribution >= 0.6 is 15.9 Å². The van der Waals surface area contributed by atoms with Crippen LogP contribution in [0, 0.1) is 11.6 Å². The molecule has 2 saturated heterocycles. The van der Waals surface area contributed by atoms with Crippen LogP contribution in [0.1, 0.15) is 129 Å². The zero-order valence-electron chi connectivity index (χ0n) is 32.6. The number of halogens is 3. The van der Waals surface area contributed by atoms with E-state index < -0.39 is 23.4 Å². The Hall–Kier alpha value is -3.38. The van der Waals surface area contributed by atoms with Crippen molar-refractivity contribution < 1.29 is 42.2 Å². The number of alkyl carbamates (subject to hydrolysis) is 1. The minimum atomic E-state index is -0.552. The highest BCUT2D eigenvalue weighted by atomic mass is 79.9. The number of nitrogens with zero attached hydrogens (tertiary/aromatic N) is 1. The summed E-state index contributed by atoms with van der Waals surface area (Å²) in [6.45, 7) is 20.3. The molecule has 2 heterocycles. The lowest BCUT2D eigenvalue weighted by Gasteiger charge is -2.25. The van der Waals surface area contributed by atoms with Crippen LogP contribution < -0.4 is 5.32 Å². The fourth-order valence-electron chi connectivity index (χ4n) is 4.94. The van der Waals surface area contributed by atoms with Crippen molar-refractivity contribution in [3.8, 4) is 0 Å². The normalized spacial score (nSPS) is 15.9. The Labute approximate surface area is 317 Å². The van der Waals surface area contributed by atoms with Gasteiger partial charge in [0, 0.05) is 48.2 Å². The molecular formula is C40H59BrF2N2O7. The second kappa shape index (κ2) is 22.6. The van der Waals surface area contributed by atoms with E-state index in [2.05, 4.69) is 21.2 Å². The Morgan fingerprint density at radius 2 is 1.46 bits per heavy atom. The van der Waals surface area contributed by atoms with E-state index >= 15 is 0 Å². The molecule has 0 aliphatic carbocycles. The van der Waals surface area contributed by atoms with Gasteiger partial charge in [0.25, 0.3) is 0 Å². The highest BCUT2D eigenvalue weighted by molar-refractivity contribution is 9.10. The van der Waals surface area contributed by atoms with E-state index in [1.54, 1.807) is 53.7 Å². The zero-order valence-corrected chi connectivity index (χ0v) is 34.2.